The molecule has 0 bridgehead atoms. The highest BCUT2D eigenvalue weighted by atomic mass is 32.2. The fourth-order valence-corrected chi connectivity index (χ4v) is 2.97. The third-order valence-corrected chi connectivity index (χ3v) is 5.78. The number of carbonyl (C=O) groups excluding carboxylic acids is 1. The fraction of sp³-hybridized carbons (Fsp3) is 0.933. The smallest absolute Gasteiger partial charge is 0.314 e. The van der Waals surface area contributed by atoms with E-state index in [1.807, 2.05) is 6.92 Å². The summed E-state index contributed by atoms with van der Waals surface area (Å²) in [6, 6.07) is -0.0936. The van der Waals surface area contributed by atoms with E-state index in [0.717, 1.165) is 13.0 Å². The van der Waals surface area contributed by atoms with Crippen LogP contribution in [0.15, 0.2) is 0 Å². The third-order valence-electron chi connectivity index (χ3n) is 4.41. The van der Waals surface area contributed by atoms with Gasteiger partial charge >= 0.3 is 6.03 Å². The lowest BCUT2D eigenvalue weighted by atomic mass is 9.73. The SMILES string of the molecule is CC(CCNC(=O)NCC1CCC(C)(C)CC1)S(C)=O. The van der Waals surface area contributed by atoms with Crippen LogP contribution in [0.3, 0.4) is 0 Å². The van der Waals surface area contributed by atoms with Crippen LogP contribution in [0, 0.1) is 11.3 Å². The van der Waals surface area contributed by atoms with Crippen LogP contribution in [0.25, 0.3) is 0 Å². The molecule has 1 aliphatic rings. The van der Waals surface area contributed by atoms with Crippen molar-refractivity contribution in [3.05, 3.63) is 0 Å². The van der Waals surface area contributed by atoms with E-state index in [9.17, 15) is 9.00 Å². The van der Waals surface area contributed by atoms with E-state index in [1.165, 1.54) is 25.7 Å². The predicted octanol–water partition coefficient (Wildman–Crippen LogP) is 2.66. The molecule has 2 atom stereocenters. The highest BCUT2D eigenvalue weighted by Crippen LogP contribution is 2.37. The number of nitrogens with one attached hydrogen (secondary N) is 2. The first-order valence-corrected chi connectivity index (χ1v) is 9.26. The zero-order valence-corrected chi connectivity index (χ0v) is 14.1. The standard InChI is InChI=1S/C15H30N2O2S/c1-12(20(4)19)7-10-16-14(18)17-11-13-5-8-15(2,3)9-6-13/h12-13H,5-11H2,1-4H3,(H2,16,17,18). The molecule has 2 unspecified atom stereocenters. The van der Waals surface area contributed by atoms with Crippen molar-refractivity contribution >= 4 is 16.8 Å². The van der Waals surface area contributed by atoms with Crippen LogP contribution >= 0.6 is 0 Å². The van der Waals surface area contributed by atoms with Gasteiger partial charge in [-0.2, -0.15) is 0 Å². The maximum Gasteiger partial charge on any atom is 0.314 e. The average molecular weight is 302 g/mol. The molecule has 2 amide bonds. The van der Waals surface area contributed by atoms with Crippen LogP contribution in [-0.4, -0.2) is 34.8 Å². The highest BCUT2D eigenvalue weighted by Gasteiger charge is 2.26. The molecular formula is C15H30N2O2S. The van der Waals surface area contributed by atoms with Crippen molar-refractivity contribution in [3.8, 4) is 0 Å². The molecule has 0 saturated heterocycles. The molecule has 1 rings (SSSR count). The maximum absolute atomic E-state index is 11.7. The Balaban J connectivity index is 2.10. The Bertz CT molecular complexity index is 335. The monoisotopic (exact) mass is 302 g/mol. The van der Waals surface area contributed by atoms with Crippen LogP contribution in [0.5, 0.6) is 0 Å². The first-order valence-electron chi connectivity index (χ1n) is 7.64. The lowest BCUT2D eigenvalue weighted by molar-refractivity contribution is 0.187. The number of rotatable bonds is 6. The van der Waals surface area contributed by atoms with Gasteiger partial charge in [0.05, 0.1) is 0 Å². The molecule has 1 fully saturated rings. The number of hydrogen-bond acceptors (Lipinski definition) is 2. The topological polar surface area (TPSA) is 58.2 Å². The van der Waals surface area contributed by atoms with Crippen molar-refractivity contribution in [2.24, 2.45) is 11.3 Å². The Labute approximate surface area is 125 Å². The zero-order chi connectivity index (χ0) is 15.2. The molecule has 1 saturated carbocycles. The minimum absolute atomic E-state index is 0.0936. The first-order chi connectivity index (χ1) is 9.30. The summed E-state index contributed by atoms with van der Waals surface area (Å²) in [4.78, 5) is 11.7. The zero-order valence-electron chi connectivity index (χ0n) is 13.3. The molecule has 2 N–H and O–H groups in total. The predicted molar refractivity (Wildman–Crippen MR) is 85.3 cm³/mol. The lowest BCUT2D eigenvalue weighted by Gasteiger charge is -2.34. The van der Waals surface area contributed by atoms with Gasteiger partial charge in [0, 0.05) is 35.4 Å². The Morgan fingerprint density at radius 3 is 2.45 bits per heavy atom. The molecule has 0 heterocycles. The van der Waals surface area contributed by atoms with Crippen LogP contribution in [0.2, 0.25) is 0 Å². The van der Waals surface area contributed by atoms with E-state index >= 15 is 0 Å². The van der Waals surface area contributed by atoms with Gasteiger partial charge in [-0.05, 0) is 43.4 Å². The van der Waals surface area contributed by atoms with Crippen molar-refractivity contribution < 1.29 is 9.00 Å². The second-order valence-corrected chi connectivity index (χ2v) is 8.64. The summed E-state index contributed by atoms with van der Waals surface area (Å²) in [7, 11) is -0.812. The molecule has 0 aromatic rings. The summed E-state index contributed by atoms with van der Waals surface area (Å²) in [6.07, 6.45) is 7.38. The molecule has 0 aliphatic heterocycles. The van der Waals surface area contributed by atoms with Crippen molar-refractivity contribution in [2.45, 2.75) is 58.1 Å². The Hall–Kier alpha value is -0.580. The summed E-state index contributed by atoms with van der Waals surface area (Å²) in [5.74, 6) is 0.621. The maximum atomic E-state index is 11.7. The van der Waals surface area contributed by atoms with Gasteiger partial charge in [-0.15, -0.1) is 0 Å². The van der Waals surface area contributed by atoms with Gasteiger partial charge in [0.25, 0.3) is 0 Å². The fourth-order valence-electron chi connectivity index (χ4n) is 2.52. The van der Waals surface area contributed by atoms with Gasteiger partial charge in [0.1, 0.15) is 0 Å². The minimum atomic E-state index is -0.812. The Kier molecular flexibility index (Phi) is 7.00. The van der Waals surface area contributed by atoms with E-state index in [-0.39, 0.29) is 11.3 Å². The molecule has 5 heteroatoms. The van der Waals surface area contributed by atoms with Crippen molar-refractivity contribution in [3.63, 3.8) is 0 Å². The molecule has 118 valence electrons. The van der Waals surface area contributed by atoms with Crippen molar-refractivity contribution in [2.75, 3.05) is 19.3 Å². The van der Waals surface area contributed by atoms with Gasteiger partial charge in [0.15, 0.2) is 0 Å². The Morgan fingerprint density at radius 2 is 1.90 bits per heavy atom. The molecule has 20 heavy (non-hydrogen) atoms. The molecule has 4 nitrogen and oxygen atoms in total. The third kappa shape index (κ3) is 6.73. The van der Waals surface area contributed by atoms with Crippen LogP contribution in [-0.2, 0) is 10.8 Å². The van der Waals surface area contributed by atoms with Gasteiger partial charge < -0.3 is 10.6 Å². The molecular weight excluding hydrogens is 272 g/mol. The van der Waals surface area contributed by atoms with E-state index in [1.54, 1.807) is 6.26 Å². The van der Waals surface area contributed by atoms with Crippen LogP contribution in [0.4, 0.5) is 4.79 Å². The molecule has 0 aromatic carbocycles. The normalized spacial score (nSPS) is 22.0. The van der Waals surface area contributed by atoms with E-state index in [4.69, 9.17) is 0 Å². The molecule has 0 aromatic heterocycles. The highest BCUT2D eigenvalue weighted by molar-refractivity contribution is 7.84. The molecule has 0 radical (unpaired) electrons. The number of amides is 2. The van der Waals surface area contributed by atoms with Crippen molar-refractivity contribution in [1.82, 2.24) is 10.6 Å². The van der Waals surface area contributed by atoms with E-state index in [0.29, 0.717) is 17.9 Å². The number of carbonyl (C=O) groups is 1. The van der Waals surface area contributed by atoms with Crippen LogP contribution < -0.4 is 10.6 Å². The lowest BCUT2D eigenvalue weighted by Crippen LogP contribution is -2.40. The summed E-state index contributed by atoms with van der Waals surface area (Å²) >= 11 is 0. The second kappa shape index (κ2) is 8.01. The second-order valence-electron chi connectivity index (χ2n) is 6.84. The quantitative estimate of drug-likeness (QED) is 0.792. The van der Waals surface area contributed by atoms with Gasteiger partial charge in [-0.25, -0.2) is 4.79 Å². The number of hydrogen-bond donors (Lipinski definition) is 2. The summed E-state index contributed by atoms with van der Waals surface area (Å²) in [6.45, 7) is 7.95. The summed E-state index contributed by atoms with van der Waals surface area (Å²) in [5, 5.41) is 5.93. The van der Waals surface area contributed by atoms with Gasteiger partial charge in [-0.1, -0.05) is 20.8 Å². The summed E-state index contributed by atoms with van der Waals surface area (Å²) < 4.78 is 11.2. The first kappa shape index (κ1) is 17.5. The van der Waals surface area contributed by atoms with E-state index in [2.05, 4.69) is 24.5 Å². The largest absolute Gasteiger partial charge is 0.338 e. The van der Waals surface area contributed by atoms with E-state index < -0.39 is 10.8 Å². The van der Waals surface area contributed by atoms with Crippen LogP contribution in [0.1, 0.15) is 52.9 Å². The molecule has 1 aliphatic carbocycles. The van der Waals surface area contributed by atoms with Gasteiger partial charge in [-0.3, -0.25) is 4.21 Å². The van der Waals surface area contributed by atoms with Crippen molar-refractivity contribution in [1.29, 1.82) is 0 Å². The van der Waals surface area contributed by atoms with Gasteiger partial charge in [0.2, 0.25) is 0 Å². The molecule has 0 spiro atoms. The summed E-state index contributed by atoms with van der Waals surface area (Å²) in [5.41, 5.74) is 0.477. The number of urea groups is 1. The average Bonchev–Trinajstić information content (AvgIpc) is 2.37. The minimum Gasteiger partial charge on any atom is -0.338 e. The Morgan fingerprint density at radius 1 is 1.30 bits per heavy atom.